The van der Waals surface area contributed by atoms with Crippen molar-refractivity contribution in [1.29, 1.82) is 0 Å². The number of rotatable bonds is 18. The highest BCUT2D eigenvalue weighted by atomic mass is 16.7. The van der Waals surface area contributed by atoms with Gasteiger partial charge in [0, 0.05) is 85.9 Å². The van der Waals surface area contributed by atoms with Crippen LogP contribution in [0.3, 0.4) is 0 Å². The van der Waals surface area contributed by atoms with Crippen LogP contribution in [0.25, 0.3) is 0 Å². The molecule has 0 radical (unpaired) electrons. The molecule has 1 saturated heterocycles. The molecular formula is C48H60N8O13. The predicted octanol–water partition coefficient (Wildman–Crippen LogP) is -1.16. The number of imide groups is 1. The van der Waals surface area contributed by atoms with Crippen LogP contribution in [0.1, 0.15) is 74.7 Å². The minimum atomic E-state index is -2.45. The van der Waals surface area contributed by atoms with E-state index in [0.29, 0.717) is 29.5 Å². The number of hydrogen-bond donors (Lipinski definition) is 12. The van der Waals surface area contributed by atoms with E-state index >= 15 is 9.59 Å². The Balaban J connectivity index is 1.27. The number of aromatic hydroxyl groups is 1. The highest BCUT2D eigenvalue weighted by molar-refractivity contribution is 6.31. The number of aliphatic hydroxyl groups is 5. The lowest BCUT2D eigenvalue weighted by molar-refractivity contribution is -0.316. The van der Waals surface area contributed by atoms with Crippen LogP contribution in [-0.4, -0.2) is 142 Å². The maximum absolute atomic E-state index is 15.1. The minimum Gasteiger partial charge on any atom is -0.507 e. The van der Waals surface area contributed by atoms with Crippen molar-refractivity contribution in [1.82, 2.24) is 20.9 Å². The number of ketones is 2. The number of methoxy groups -OCH3 is 1. The Morgan fingerprint density at radius 3 is 2.39 bits per heavy atom. The number of phenols is 1. The summed E-state index contributed by atoms with van der Waals surface area (Å²) in [6, 6.07) is 2.87. The Hall–Kier alpha value is -6.59. The van der Waals surface area contributed by atoms with Gasteiger partial charge in [-0.15, -0.1) is 0 Å². The monoisotopic (exact) mass is 956 g/mol. The summed E-state index contributed by atoms with van der Waals surface area (Å²) in [6.07, 6.45) is 3.60. The summed E-state index contributed by atoms with van der Waals surface area (Å²) in [5.74, 6) is -4.31. The van der Waals surface area contributed by atoms with Crippen LogP contribution in [0, 0.1) is 11.8 Å². The van der Waals surface area contributed by atoms with Crippen molar-refractivity contribution in [2.45, 2.75) is 81.9 Å². The highest BCUT2D eigenvalue weighted by Crippen LogP contribution is 2.46. The van der Waals surface area contributed by atoms with Crippen molar-refractivity contribution in [2.75, 3.05) is 40.5 Å². The molecule has 21 nitrogen and oxygen atoms in total. The molecule has 15 N–H and O–H groups in total. The number of nitrogens with one attached hydrogen (secondary N) is 3. The molecule has 370 valence electrons. The number of nitrogens with two attached hydrogens (primary N) is 3. The number of ether oxygens (including phenoxy) is 3. The van der Waals surface area contributed by atoms with Crippen LogP contribution in [0.4, 0.5) is 0 Å². The summed E-state index contributed by atoms with van der Waals surface area (Å²) in [7, 11) is 2.81. The van der Waals surface area contributed by atoms with Gasteiger partial charge in [0.25, 0.3) is 11.8 Å². The second-order valence-electron chi connectivity index (χ2n) is 17.5. The van der Waals surface area contributed by atoms with Crippen LogP contribution in [-0.2, 0) is 33.7 Å². The minimum absolute atomic E-state index is 0.0324. The molecule has 2 amide bonds. The van der Waals surface area contributed by atoms with Crippen LogP contribution >= 0.6 is 0 Å². The zero-order chi connectivity index (χ0) is 49.9. The fourth-order valence-electron chi connectivity index (χ4n) is 9.65. The number of fused-ring (bicyclic) bond motifs is 2. The van der Waals surface area contributed by atoms with Gasteiger partial charge in [-0.1, -0.05) is 19.1 Å². The summed E-state index contributed by atoms with van der Waals surface area (Å²) in [6.45, 7) is 0.610. The van der Waals surface area contributed by atoms with Gasteiger partial charge in [-0.3, -0.25) is 29.1 Å². The van der Waals surface area contributed by atoms with Crippen molar-refractivity contribution in [3.8, 4) is 17.2 Å². The molecule has 1 unspecified atom stereocenters. The number of phenolic OH excluding ortho intramolecular Hbond substituents is 1. The van der Waals surface area contributed by atoms with E-state index in [9.17, 15) is 40.2 Å². The average Bonchev–Trinajstić information content (AvgIpc) is 3.66. The lowest BCUT2D eigenvalue weighted by atomic mass is 9.75. The number of nitrogens with zero attached hydrogens (tertiary/aromatic N) is 2. The number of amides is 2. The van der Waals surface area contributed by atoms with Gasteiger partial charge in [0.2, 0.25) is 12.1 Å². The number of guanidine groups is 1. The molecule has 0 bridgehead atoms. The first-order valence-electron chi connectivity index (χ1n) is 22.6. The van der Waals surface area contributed by atoms with Crippen molar-refractivity contribution < 1.29 is 64.0 Å². The number of allylic oxidation sites excluding steroid dienone is 3. The van der Waals surface area contributed by atoms with Gasteiger partial charge in [0.05, 0.1) is 36.8 Å². The third-order valence-corrected chi connectivity index (χ3v) is 13.3. The first kappa shape index (κ1) is 50.3. The normalized spacial score (nSPS) is 25.2. The first-order chi connectivity index (χ1) is 33.0. The topological polar surface area (TPSA) is 347 Å². The quantitative estimate of drug-likeness (QED) is 0.0406. The molecule has 0 aromatic heterocycles. The predicted molar refractivity (Wildman–Crippen MR) is 249 cm³/mol. The molecule has 1 fully saturated rings. The average molecular weight is 957 g/mol. The molecule has 8 atom stereocenters. The Morgan fingerprint density at radius 2 is 1.77 bits per heavy atom. The van der Waals surface area contributed by atoms with Crippen LogP contribution < -0.4 is 42.6 Å². The molecule has 4 aliphatic heterocycles. The van der Waals surface area contributed by atoms with Crippen molar-refractivity contribution in [3.05, 3.63) is 111 Å². The molecule has 1 aliphatic carbocycles. The lowest BCUT2D eigenvalue weighted by Gasteiger charge is -2.49. The number of aliphatic hydroxyl groups excluding tert-OH is 4. The molecule has 0 saturated carbocycles. The maximum atomic E-state index is 15.1. The van der Waals surface area contributed by atoms with Gasteiger partial charge >= 0.3 is 0 Å². The SMILES string of the molecule is CCc1c(OC)cc(O[C@@H]2O[C@H](CO)[C@](O)(C[C@H](CN3C(=O)C=CC3=O)C3=CCNC(N)=C3)[C@H](O)[C@H]2O)c2c1C(=O)c1cc(C[C@H](CCCO)C3=CNC(N)C=C3)c(CNC(N)=NC)c(O)c1C2=O. The molecule has 69 heavy (non-hydrogen) atoms. The Morgan fingerprint density at radius 1 is 1.03 bits per heavy atom. The molecule has 0 spiro atoms. The second kappa shape index (κ2) is 21.0. The largest absolute Gasteiger partial charge is 0.507 e. The van der Waals surface area contributed by atoms with E-state index in [4.69, 9.17) is 31.4 Å². The fraction of sp³-hybridized carbons (Fsp3) is 0.438. The zero-order valence-electron chi connectivity index (χ0n) is 38.5. The van der Waals surface area contributed by atoms with Crippen molar-refractivity contribution in [2.24, 2.45) is 34.0 Å². The van der Waals surface area contributed by atoms with E-state index in [0.717, 1.165) is 22.6 Å². The van der Waals surface area contributed by atoms with Gasteiger partial charge in [-0.05, 0) is 73.0 Å². The third kappa shape index (κ3) is 9.84. The Kier molecular flexibility index (Phi) is 15.3. The Labute approximate surface area is 397 Å². The van der Waals surface area contributed by atoms with E-state index in [2.05, 4.69) is 20.9 Å². The number of carbonyl (C=O) groups excluding carboxylic acids is 4. The van der Waals surface area contributed by atoms with Crippen LogP contribution in [0.2, 0.25) is 0 Å². The summed E-state index contributed by atoms with van der Waals surface area (Å²) in [5.41, 5.74) is 17.2. The second-order valence-corrected chi connectivity index (χ2v) is 17.5. The number of hydrogen-bond acceptors (Lipinski definition) is 18. The number of dihydropyridines is 2. The lowest BCUT2D eigenvalue weighted by Crippen LogP contribution is -2.68. The highest BCUT2D eigenvalue weighted by Gasteiger charge is 2.57. The van der Waals surface area contributed by atoms with E-state index in [1.165, 1.54) is 20.2 Å². The molecular weight excluding hydrogens is 897 g/mol. The molecule has 21 heteroatoms. The van der Waals surface area contributed by atoms with Gasteiger partial charge in [0.1, 0.15) is 41.2 Å². The third-order valence-electron chi connectivity index (χ3n) is 13.3. The fourth-order valence-corrected chi connectivity index (χ4v) is 9.65. The van der Waals surface area contributed by atoms with Gasteiger partial charge < -0.3 is 78.0 Å². The summed E-state index contributed by atoms with van der Waals surface area (Å²) in [4.78, 5) is 60.3. The molecule has 5 aliphatic rings. The van der Waals surface area contributed by atoms with Crippen LogP contribution in [0.15, 0.2) is 76.7 Å². The van der Waals surface area contributed by atoms with Crippen LogP contribution in [0.5, 0.6) is 17.2 Å². The van der Waals surface area contributed by atoms with E-state index in [1.807, 2.05) is 6.08 Å². The smallest absolute Gasteiger partial charge is 0.253 e. The summed E-state index contributed by atoms with van der Waals surface area (Å²) in [5, 5.41) is 77.5. The number of benzene rings is 2. The standard InChI is InChI=1S/C48H60N8O13/c1-4-28-31(67-3)17-32(68-46-44(64)45(65)48(66,33(22-58)69-46)18-27(24-11-12-53-35(50)16-24)21-56-36(59)9-10-37(56)60)40-38(28)41(61)29-15-26(14-23(6-5-13-57)25-7-8-34(49)54-19-25)30(20-55-47(51)52-2)42(62)39(29)43(40)63/h7-11,15-17,19,23,27,33-34,44-46,53-54,57-58,62,64-66H,4-6,12-14,18,20-22,49-50H2,1-3H3,(H3,51,52,55)/t23-,27+,33+,34?,44+,45+,46+,48+/m0/s1. The van der Waals surface area contributed by atoms with E-state index < -0.39 is 84.4 Å². The zero-order valence-corrected chi connectivity index (χ0v) is 38.5. The molecule has 2 aromatic carbocycles. The van der Waals surface area contributed by atoms with Gasteiger partial charge in [-0.2, -0.15) is 0 Å². The van der Waals surface area contributed by atoms with Crippen molar-refractivity contribution >= 4 is 29.3 Å². The first-order valence-corrected chi connectivity index (χ1v) is 22.6. The number of aliphatic imine (C=N–C) groups is 1. The maximum Gasteiger partial charge on any atom is 0.253 e. The molecule has 7 rings (SSSR count). The van der Waals surface area contributed by atoms with Gasteiger partial charge in [-0.25, -0.2) is 0 Å². The summed E-state index contributed by atoms with van der Waals surface area (Å²) >= 11 is 0. The molecule has 2 aromatic rings. The van der Waals surface area contributed by atoms with E-state index in [-0.39, 0.29) is 96.1 Å². The van der Waals surface area contributed by atoms with Gasteiger partial charge in [0.15, 0.2) is 11.7 Å². The number of carbonyl (C=O) groups is 4. The molecule has 4 heterocycles. The Bertz CT molecular complexity index is 2550. The van der Waals surface area contributed by atoms with E-state index in [1.54, 1.807) is 37.4 Å². The summed E-state index contributed by atoms with van der Waals surface area (Å²) < 4.78 is 18.0. The van der Waals surface area contributed by atoms with Crippen molar-refractivity contribution in [3.63, 3.8) is 0 Å².